The second-order valence-electron chi connectivity index (χ2n) is 17.7. The standard InChI is InChI=1S/C62H49N/c1-62(2)59-24-11-10-23-56(59)57-39-35-52(42-60(57)62)58(50-30-28-47(29-31-50)44-15-4-3-5-16-44)40-43-14-12-20-45(27-26-43)48-32-36-53(37-33-48)63(54-38-34-46-17-6-7-19-51(46)41-54)61-25-13-21-49-18-8-9-22-55(49)61/h3-19,21-39,41-42,58H,20,40H2,1-2H3. The highest BCUT2D eigenvalue weighted by Crippen LogP contribution is 2.50. The van der Waals surface area contributed by atoms with E-state index in [1.165, 1.54) is 88.4 Å². The summed E-state index contributed by atoms with van der Waals surface area (Å²) in [7, 11) is 0. The molecular formula is C62H49N. The summed E-state index contributed by atoms with van der Waals surface area (Å²) >= 11 is 0. The molecule has 1 nitrogen and oxygen atoms in total. The van der Waals surface area contributed by atoms with Crippen LogP contribution in [0.1, 0.15) is 60.4 Å². The third-order valence-electron chi connectivity index (χ3n) is 13.5. The minimum atomic E-state index is -0.0558. The summed E-state index contributed by atoms with van der Waals surface area (Å²) < 4.78 is 0. The lowest BCUT2D eigenvalue weighted by Gasteiger charge is -2.27. The van der Waals surface area contributed by atoms with Gasteiger partial charge < -0.3 is 4.90 Å². The van der Waals surface area contributed by atoms with Crippen LogP contribution in [-0.4, -0.2) is 0 Å². The van der Waals surface area contributed by atoms with Crippen LogP contribution in [0, 0.1) is 0 Å². The molecule has 0 radical (unpaired) electrons. The van der Waals surface area contributed by atoms with Crippen molar-refractivity contribution < 1.29 is 0 Å². The molecule has 0 fully saturated rings. The molecule has 0 aromatic heterocycles. The van der Waals surface area contributed by atoms with E-state index >= 15 is 0 Å². The maximum absolute atomic E-state index is 2.51. The number of allylic oxidation sites excluding steroid dienone is 6. The molecule has 0 bridgehead atoms. The lowest BCUT2D eigenvalue weighted by atomic mass is 9.79. The lowest BCUT2D eigenvalue weighted by molar-refractivity contribution is 0.657. The summed E-state index contributed by atoms with van der Waals surface area (Å²) in [4.78, 5) is 2.41. The van der Waals surface area contributed by atoms with Crippen LogP contribution >= 0.6 is 0 Å². The van der Waals surface area contributed by atoms with Crippen LogP contribution in [-0.2, 0) is 5.41 Å². The first kappa shape index (κ1) is 38.4. The SMILES string of the molecule is CC1(C)c2ccccc2-c2ccc(C(CC3=CC=C(c4ccc(N(c5ccc6ccccc6c5)c5cccc6ccccc56)cc4)CC=C3)c3ccc(-c4ccccc4)cc3)cc21. The molecular weight excluding hydrogens is 759 g/mol. The highest BCUT2D eigenvalue weighted by Gasteiger charge is 2.35. The first-order valence-electron chi connectivity index (χ1n) is 22.3. The Kier molecular flexibility index (Phi) is 9.82. The fourth-order valence-electron chi connectivity index (χ4n) is 10.1. The third-order valence-corrected chi connectivity index (χ3v) is 13.5. The van der Waals surface area contributed by atoms with Gasteiger partial charge >= 0.3 is 0 Å². The van der Waals surface area contributed by atoms with Crippen molar-refractivity contribution in [3.8, 4) is 22.3 Å². The summed E-state index contributed by atoms with van der Waals surface area (Å²) in [6.45, 7) is 4.76. The molecule has 1 atom stereocenters. The van der Waals surface area contributed by atoms with Crippen molar-refractivity contribution in [1.29, 1.82) is 0 Å². The molecule has 0 saturated carbocycles. The molecule has 0 saturated heterocycles. The lowest BCUT2D eigenvalue weighted by Crippen LogP contribution is -2.15. The van der Waals surface area contributed by atoms with E-state index in [1.54, 1.807) is 0 Å². The van der Waals surface area contributed by atoms with E-state index in [4.69, 9.17) is 0 Å². The Balaban J connectivity index is 0.928. The fraction of sp³-hybridized carbons (Fsp3) is 0.0968. The number of hydrogen-bond acceptors (Lipinski definition) is 1. The summed E-state index contributed by atoms with van der Waals surface area (Å²) in [5, 5.41) is 4.93. The van der Waals surface area contributed by atoms with E-state index < -0.39 is 0 Å². The van der Waals surface area contributed by atoms with Gasteiger partial charge in [0, 0.05) is 28.1 Å². The molecule has 63 heavy (non-hydrogen) atoms. The average Bonchev–Trinajstić information content (AvgIpc) is 3.44. The largest absolute Gasteiger partial charge is 0.310 e. The molecule has 0 aliphatic heterocycles. The van der Waals surface area contributed by atoms with Crippen molar-refractivity contribution in [2.75, 3.05) is 4.90 Å². The zero-order valence-electron chi connectivity index (χ0n) is 35.9. The molecule has 302 valence electrons. The maximum atomic E-state index is 2.51. The normalized spacial score (nSPS) is 14.4. The topological polar surface area (TPSA) is 3.24 Å². The molecule has 9 aromatic carbocycles. The van der Waals surface area contributed by atoms with Gasteiger partial charge in [-0.1, -0.05) is 214 Å². The van der Waals surface area contributed by atoms with Crippen LogP contribution in [0.4, 0.5) is 17.1 Å². The quantitative estimate of drug-likeness (QED) is 0.140. The monoisotopic (exact) mass is 807 g/mol. The maximum Gasteiger partial charge on any atom is 0.0540 e. The van der Waals surface area contributed by atoms with E-state index in [9.17, 15) is 0 Å². The van der Waals surface area contributed by atoms with Crippen molar-refractivity contribution in [3.63, 3.8) is 0 Å². The van der Waals surface area contributed by atoms with E-state index in [0.717, 1.165) is 24.2 Å². The molecule has 1 heteroatoms. The zero-order valence-corrected chi connectivity index (χ0v) is 35.9. The molecule has 0 heterocycles. The molecule has 0 amide bonds. The van der Waals surface area contributed by atoms with Crippen molar-refractivity contribution in [3.05, 3.63) is 264 Å². The van der Waals surface area contributed by atoms with Crippen LogP contribution in [0.5, 0.6) is 0 Å². The van der Waals surface area contributed by atoms with Gasteiger partial charge in [-0.3, -0.25) is 0 Å². The van der Waals surface area contributed by atoms with Gasteiger partial charge in [0.1, 0.15) is 0 Å². The predicted octanol–water partition coefficient (Wildman–Crippen LogP) is 16.9. The van der Waals surface area contributed by atoms with Crippen molar-refractivity contribution in [2.45, 2.75) is 38.0 Å². The van der Waals surface area contributed by atoms with Crippen molar-refractivity contribution in [1.82, 2.24) is 0 Å². The summed E-state index contributed by atoms with van der Waals surface area (Å²) in [5.74, 6) is 0.194. The minimum Gasteiger partial charge on any atom is -0.310 e. The minimum absolute atomic E-state index is 0.0558. The van der Waals surface area contributed by atoms with Crippen LogP contribution in [0.15, 0.2) is 236 Å². The van der Waals surface area contributed by atoms with E-state index in [1.807, 2.05) is 0 Å². The molecule has 0 N–H and O–H groups in total. The van der Waals surface area contributed by atoms with Crippen LogP contribution in [0.3, 0.4) is 0 Å². The Hall–Kier alpha value is -7.48. The van der Waals surface area contributed by atoms with Crippen LogP contribution in [0.2, 0.25) is 0 Å². The van der Waals surface area contributed by atoms with Gasteiger partial charge in [-0.05, 0) is 121 Å². The summed E-state index contributed by atoms with van der Waals surface area (Å²) in [6, 6.07) is 76.1. The molecule has 0 spiro atoms. The highest BCUT2D eigenvalue weighted by molar-refractivity contribution is 6.00. The third kappa shape index (κ3) is 7.20. The fourth-order valence-corrected chi connectivity index (χ4v) is 10.1. The van der Waals surface area contributed by atoms with Gasteiger partial charge in [-0.25, -0.2) is 0 Å². The first-order chi connectivity index (χ1) is 31.0. The van der Waals surface area contributed by atoms with Gasteiger partial charge in [-0.15, -0.1) is 0 Å². The van der Waals surface area contributed by atoms with Crippen LogP contribution in [0.25, 0.3) is 49.4 Å². The van der Waals surface area contributed by atoms with Gasteiger partial charge in [0.2, 0.25) is 0 Å². The zero-order chi connectivity index (χ0) is 42.3. The summed E-state index contributed by atoms with van der Waals surface area (Å²) in [5.41, 5.74) is 18.0. The van der Waals surface area contributed by atoms with Gasteiger partial charge in [0.05, 0.1) is 5.69 Å². The molecule has 1 unspecified atom stereocenters. The predicted molar refractivity (Wildman–Crippen MR) is 268 cm³/mol. The van der Waals surface area contributed by atoms with Crippen LogP contribution < -0.4 is 4.90 Å². The molecule has 11 rings (SSSR count). The van der Waals surface area contributed by atoms with E-state index in [-0.39, 0.29) is 11.3 Å². The van der Waals surface area contributed by atoms with E-state index in [0.29, 0.717) is 0 Å². The Bertz CT molecular complexity index is 3230. The Morgan fingerprint density at radius 1 is 0.476 bits per heavy atom. The Morgan fingerprint density at radius 3 is 1.97 bits per heavy atom. The van der Waals surface area contributed by atoms with E-state index in [2.05, 4.69) is 249 Å². The Labute approximate surface area is 371 Å². The second kappa shape index (κ2) is 16.1. The Morgan fingerprint density at radius 2 is 1.13 bits per heavy atom. The highest BCUT2D eigenvalue weighted by atomic mass is 15.1. The van der Waals surface area contributed by atoms with Crippen molar-refractivity contribution in [2.24, 2.45) is 0 Å². The molecule has 2 aliphatic carbocycles. The number of rotatable bonds is 9. The number of anilines is 3. The number of benzene rings is 9. The number of hydrogen-bond donors (Lipinski definition) is 0. The molecule has 9 aromatic rings. The van der Waals surface area contributed by atoms with Gasteiger partial charge in [0.15, 0.2) is 0 Å². The van der Waals surface area contributed by atoms with Gasteiger partial charge in [0.25, 0.3) is 0 Å². The number of nitrogens with zero attached hydrogens (tertiary/aromatic N) is 1. The first-order valence-corrected chi connectivity index (χ1v) is 22.3. The average molecular weight is 808 g/mol. The second-order valence-corrected chi connectivity index (χ2v) is 17.7. The molecule has 2 aliphatic rings. The summed E-state index contributed by atoms with van der Waals surface area (Å²) in [6.07, 6.45) is 11.2. The number of fused-ring (bicyclic) bond motifs is 5. The van der Waals surface area contributed by atoms with Gasteiger partial charge in [-0.2, -0.15) is 0 Å². The smallest absolute Gasteiger partial charge is 0.0540 e. The van der Waals surface area contributed by atoms with Crippen molar-refractivity contribution >= 4 is 44.2 Å².